The molecule has 0 N–H and O–H groups in total. The Balaban J connectivity index is 1.85. The maximum absolute atomic E-state index is 11.8. The Labute approximate surface area is 115 Å². The Morgan fingerprint density at radius 1 is 1.16 bits per heavy atom. The molecule has 1 amide bonds. The summed E-state index contributed by atoms with van der Waals surface area (Å²) in [6, 6.07) is 10.5. The fraction of sp³-hybridized carbons (Fsp3) is 0.533. The van der Waals surface area contributed by atoms with Crippen molar-refractivity contribution in [1.29, 1.82) is 0 Å². The second kappa shape index (κ2) is 7.26. The Hall–Kier alpha value is -1.39. The standard InChI is InChI=1S/C15H22N2O2/c1-19-13-15(18)17-9-5-8-16(10-11-17)12-14-6-3-2-4-7-14/h2-4,6-7H,5,8-13H2,1H3. The van der Waals surface area contributed by atoms with Crippen LogP contribution in [0.3, 0.4) is 0 Å². The first-order valence-electron chi connectivity index (χ1n) is 6.82. The van der Waals surface area contributed by atoms with E-state index in [1.165, 1.54) is 5.56 Å². The van der Waals surface area contributed by atoms with Crippen LogP contribution in [0.1, 0.15) is 12.0 Å². The predicted octanol–water partition coefficient (Wildman–Crippen LogP) is 1.37. The molecule has 1 aliphatic rings. The monoisotopic (exact) mass is 262 g/mol. The van der Waals surface area contributed by atoms with Gasteiger partial charge in [0.2, 0.25) is 5.91 Å². The first kappa shape index (κ1) is 14.0. The SMILES string of the molecule is COCC(=O)N1CCCN(Cc2ccccc2)CC1. The molecule has 0 unspecified atom stereocenters. The first-order valence-corrected chi connectivity index (χ1v) is 6.82. The average Bonchev–Trinajstić information content (AvgIpc) is 2.66. The normalized spacial score (nSPS) is 17.2. The number of hydrogen-bond donors (Lipinski definition) is 0. The van der Waals surface area contributed by atoms with E-state index in [0.29, 0.717) is 0 Å². The van der Waals surface area contributed by atoms with Crippen LogP contribution in [0.4, 0.5) is 0 Å². The van der Waals surface area contributed by atoms with Gasteiger partial charge in [-0.2, -0.15) is 0 Å². The molecule has 0 aliphatic carbocycles. The zero-order valence-electron chi connectivity index (χ0n) is 11.5. The summed E-state index contributed by atoms with van der Waals surface area (Å²) in [5.41, 5.74) is 1.33. The zero-order valence-corrected chi connectivity index (χ0v) is 11.5. The van der Waals surface area contributed by atoms with Gasteiger partial charge in [-0.1, -0.05) is 30.3 Å². The highest BCUT2D eigenvalue weighted by Crippen LogP contribution is 2.09. The van der Waals surface area contributed by atoms with E-state index in [2.05, 4.69) is 29.2 Å². The summed E-state index contributed by atoms with van der Waals surface area (Å²) in [7, 11) is 1.57. The van der Waals surface area contributed by atoms with Crippen molar-refractivity contribution in [2.24, 2.45) is 0 Å². The topological polar surface area (TPSA) is 32.8 Å². The smallest absolute Gasteiger partial charge is 0.248 e. The van der Waals surface area contributed by atoms with Gasteiger partial charge in [-0.3, -0.25) is 9.69 Å². The van der Waals surface area contributed by atoms with E-state index in [4.69, 9.17) is 4.74 Å². The Morgan fingerprint density at radius 2 is 1.95 bits per heavy atom. The molecule has 0 aromatic heterocycles. The van der Waals surface area contributed by atoms with E-state index >= 15 is 0 Å². The molecule has 4 heteroatoms. The van der Waals surface area contributed by atoms with Gasteiger partial charge in [0.05, 0.1) is 0 Å². The highest BCUT2D eigenvalue weighted by atomic mass is 16.5. The van der Waals surface area contributed by atoms with Crippen LogP contribution in [0.2, 0.25) is 0 Å². The summed E-state index contributed by atoms with van der Waals surface area (Å²) in [5.74, 6) is 0.101. The van der Waals surface area contributed by atoms with Gasteiger partial charge in [0, 0.05) is 39.8 Å². The van der Waals surface area contributed by atoms with E-state index in [1.54, 1.807) is 7.11 Å². The number of ether oxygens (including phenoxy) is 1. The predicted molar refractivity (Wildman–Crippen MR) is 74.8 cm³/mol. The maximum atomic E-state index is 11.8. The van der Waals surface area contributed by atoms with Gasteiger partial charge in [-0.25, -0.2) is 0 Å². The van der Waals surface area contributed by atoms with Gasteiger partial charge in [0.15, 0.2) is 0 Å². The van der Waals surface area contributed by atoms with E-state index in [0.717, 1.165) is 39.1 Å². The van der Waals surface area contributed by atoms with Gasteiger partial charge in [-0.05, 0) is 12.0 Å². The summed E-state index contributed by atoms with van der Waals surface area (Å²) in [6.45, 7) is 4.78. The Kier molecular flexibility index (Phi) is 5.36. The Morgan fingerprint density at radius 3 is 2.68 bits per heavy atom. The quantitative estimate of drug-likeness (QED) is 0.821. The van der Waals surface area contributed by atoms with Crippen molar-refractivity contribution in [1.82, 2.24) is 9.80 Å². The van der Waals surface area contributed by atoms with Crippen LogP contribution < -0.4 is 0 Å². The number of carbonyl (C=O) groups is 1. The molecule has 1 aromatic rings. The molecule has 104 valence electrons. The van der Waals surface area contributed by atoms with Crippen LogP contribution >= 0.6 is 0 Å². The number of rotatable bonds is 4. The highest BCUT2D eigenvalue weighted by Gasteiger charge is 2.18. The van der Waals surface area contributed by atoms with Gasteiger partial charge in [0.25, 0.3) is 0 Å². The lowest BCUT2D eigenvalue weighted by molar-refractivity contribution is -0.135. The van der Waals surface area contributed by atoms with Gasteiger partial charge in [-0.15, -0.1) is 0 Å². The molecular weight excluding hydrogens is 240 g/mol. The van der Waals surface area contributed by atoms with E-state index in [9.17, 15) is 4.79 Å². The summed E-state index contributed by atoms with van der Waals surface area (Å²) in [4.78, 5) is 16.1. The van der Waals surface area contributed by atoms with Crippen LogP contribution in [-0.2, 0) is 16.1 Å². The molecule has 1 fully saturated rings. The molecular formula is C15H22N2O2. The number of hydrogen-bond acceptors (Lipinski definition) is 3. The third-order valence-electron chi connectivity index (χ3n) is 3.46. The van der Waals surface area contributed by atoms with Crippen LogP contribution in [0, 0.1) is 0 Å². The lowest BCUT2D eigenvalue weighted by Crippen LogP contribution is -2.37. The third kappa shape index (κ3) is 4.33. The molecule has 4 nitrogen and oxygen atoms in total. The second-order valence-electron chi connectivity index (χ2n) is 4.93. The highest BCUT2D eigenvalue weighted by molar-refractivity contribution is 5.77. The molecule has 0 radical (unpaired) electrons. The van der Waals surface area contributed by atoms with Gasteiger partial charge < -0.3 is 9.64 Å². The van der Waals surface area contributed by atoms with Crippen molar-refractivity contribution in [3.05, 3.63) is 35.9 Å². The summed E-state index contributed by atoms with van der Waals surface area (Å²) >= 11 is 0. The largest absolute Gasteiger partial charge is 0.375 e. The van der Waals surface area contributed by atoms with E-state index < -0.39 is 0 Å². The van der Waals surface area contributed by atoms with Crippen molar-refractivity contribution in [2.45, 2.75) is 13.0 Å². The fourth-order valence-electron chi connectivity index (χ4n) is 2.43. The minimum absolute atomic E-state index is 0.101. The van der Waals surface area contributed by atoms with Crippen molar-refractivity contribution in [3.63, 3.8) is 0 Å². The Bertz CT molecular complexity index is 394. The van der Waals surface area contributed by atoms with Crippen LogP contribution in [-0.4, -0.2) is 55.6 Å². The second-order valence-corrected chi connectivity index (χ2v) is 4.93. The number of benzene rings is 1. The van der Waals surface area contributed by atoms with Gasteiger partial charge in [0.1, 0.15) is 6.61 Å². The number of nitrogens with zero attached hydrogens (tertiary/aromatic N) is 2. The van der Waals surface area contributed by atoms with Crippen molar-refractivity contribution >= 4 is 5.91 Å². The molecule has 1 aromatic carbocycles. The summed E-state index contributed by atoms with van der Waals surface area (Å²) in [5, 5.41) is 0. The lowest BCUT2D eigenvalue weighted by Gasteiger charge is -2.21. The first-order chi connectivity index (χ1) is 9.29. The molecule has 0 bridgehead atoms. The van der Waals surface area contributed by atoms with Gasteiger partial charge >= 0.3 is 0 Å². The molecule has 19 heavy (non-hydrogen) atoms. The van der Waals surface area contributed by atoms with Crippen molar-refractivity contribution < 1.29 is 9.53 Å². The number of carbonyl (C=O) groups excluding carboxylic acids is 1. The van der Waals surface area contributed by atoms with Crippen molar-refractivity contribution in [3.8, 4) is 0 Å². The van der Waals surface area contributed by atoms with Crippen LogP contribution in [0.25, 0.3) is 0 Å². The van der Waals surface area contributed by atoms with Crippen molar-refractivity contribution in [2.75, 3.05) is 39.9 Å². The molecule has 2 rings (SSSR count). The van der Waals surface area contributed by atoms with E-state index in [1.807, 2.05) is 11.0 Å². The average molecular weight is 262 g/mol. The number of amides is 1. The minimum Gasteiger partial charge on any atom is -0.375 e. The van der Waals surface area contributed by atoms with Crippen LogP contribution in [0.15, 0.2) is 30.3 Å². The number of methoxy groups -OCH3 is 1. The molecule has 1 saturated heterocycles. The molecule has 1 aliphatic heterocycles. The molecule has 0 spiro atoms. The fourth-order valence-corrected chi connectivity index (χ4v) is 2.43. The molecule has 1 heterocycles. The van der Waals surface area contributed by atoms with E-state index in [-0.39, 0.29) is 12.5 Å². The third-order valence-corrected chi connectivity index (χ3v) is 3.46. The summed E-state index contributed by atoms with van der Waals surface area (Å²) in [6.07, 6.45) is 1.03. The van der Waals surface area contributed by atoms with Crippen LogP contribution in [0.5, 0.6) is 0 Å². The lowest BCUT2D eigenvalue weighted by atomic mass is 10.2. The minimum atomic E-state index is 0.101. The zero-order chi connectivity index (χ0) is 13.5. The maximum Gasteiger partial charge on any atom is 0.248 e. The molecule has 0 atom stereocenters. The summed E-state index contributed by atoms with van der Waals surface area (Å²) < 4.78 is 4.92. The molecule has 0 saturated carbocycles.